The van der Waals surface area contributed by atoms with E-state index < -0.39 is 6.10 Å². The van der Waals surface area contributed by atoms with Gasteiger partial charge in [-0.15, -0.1) is 0 Å². The van der Waals surface area contributed by atoms with Gasteiger partial charge in [-0.05, 0) is 24.6 Å². The first-order chi connectivity index (χ1) is 10.1. The fourth-order valence-electron chi connectivity index (χ4n) is 1.61. The van der Waals surface area contributed by atoms with E-state index in [1.165, 1.54) is 0 Å². The molecule has 118 valence electrons. The lowest BCUT2D eigenvalue weighted by Gasteiger charge is -2.12. The predicted octanol–water partition coefficient (Wildman–Crippen LogP) is 2.40. The van der Waals surface area contributed by atoms with Crippen LogP contribution >= 0.6 is 11.6 Å². The lowest BCUT2D eigenvalue weighted by Crippen LogP contribution is -2.32. The molecule has 1 atom stereocenters. The Morgan fingerprint density at radius 2 is 2.05 bits per heavy atom. The van der Waals surface area contributed by atoms with Crippen molar-refractivity contribution in [3.8, 4) is 0 Å². The highest BCUT2D eigenvalue weighted by Crippen LogP contribution is 2.10. The molecule has 0 aliphatic rings. The molecule has 5 heteroatoms. The molecule has 1 rings (SSSR count). The van der Waals surface area contributed by atoms with Crippen LogP contribution in [0.3, 0.4) is 0 Å². The monoisotopic (exact) mass is 313 g/mol. The summed E-state index contributed by atoms with van der Waals surface area (Å²) in [5.74, 6) is 0. The molecule has 0 heterocycles. The van der Waals surface area contributed by atoms with Gasteiger partial charge in [0.2, 0.25) is 0 Å². The average molecular weight is 314 g/mol. The van der Waals surface area contributed by atoms with Crippen LogP contribution in [-0.2, 0) is 16.1 Å². The molecule has 0 amide bonds. The van der Waals surface area contributed by atoms with Gasteiger partial charge in [0.15, 0.2) is 0 Å². The van der Waals surface area contributed by atoms with Crippen LogP contribution in [0.25, 0.3) is 0 Å². The maximum Gasteiger partial charge on any atom is 0.0897 e. The molecule has 0 aliphatic heterocycles. The van der Waals surface area contributed by atoms with Crippen molar-refractivity contribution in [2.24, 2.45) is 0 Å². The van der Waals surface area contributed by atoms with Crippen molar-refractivity contribution in [3.05, 3.63) is 47.0 Å². The molecule has 2 N–H and O–H groups in total. The molecule has 0 aliphatic carbocycles. The summed E-state index contributed by atoms with van der Waals surface area (Å²) < 4.78 is 10.8. The molecule has 1 aromatic carbocycles. The molecule has 21 heavy (non-hydrogen) atoms. The average Bonchev–Trinajstić information content (AvgIpc) is 2.44. The third-order valence-corrected chi connectivity index (χ3v) is 2.90. The normalized spacial score (nSPS) is 12.3. The Labute approximate surface area is 131 Å². The quantitative estimate of drug-likeness (QED) is 0.486. The van der Waals surface area contributed by atoms with Gasteiger partial charge in [-0.3, -0.25) is 0 Å². The number of hydrogen-bond donors (Lipinski definition) is 2. The first-order valence-corrected chi connectivity index (χ1v) is 7.39. The minimum atomic E-state index is -0.529. The molecule has 1 aromatic rings. The van der Waals surface area contributed by atoms with Crippen molar-refractivity contribution < 1.29 is 14.6 Å². The summed E-state index contributed by atoms with van der Waals surface area (Å²) in [5.41, 5.74) is 2.04. The lowest BCUT2D eigenvalue weighted by atomic mass is 10.2. The molecule has 0 radical (unpaired) electrons. The number of hydrogen-bond acceptors (Lipinski definition) is 4. The van der Waals surface area contributed by atoms with Gasteiger partial charge in [-0.2, -0.15) is 0 Å². The van der Waals surface area contributed by atoms with Crippen LogP contribution in [0, 0.1) is 0 Å². The van der Waals surface area contributed by atoms with E-state index in [0.717, 1.165) is 11.1 Å². The topological polar surface area (TPSA) is 50.7 Å². The lowest BCUT2D eigenvalue weighted by molar-refractivity contribution is 0.0280. The van der Waals surface area contributed by atoms with Gasteiger partial charge in [0.1, 0.15) is 0 Å². The molecule has 0 spiro atoms. The first kappa shape index (κ1) is 18.1. The van der Waals surface area contributed by atoms with E-state index in [2.05, 4.69) is 11.9 Å². The van der Waals surface area contributed by atoms with E-state index in [1.807, 2.05) is 31.2 Å². The summed E-state index contributed by atoms with van der Waals surface area (Å²) in [7, 11) is 0. The van der Waals surface area contributed by atoms with Crippen molar-refractivity contribution >= 4 is 11.6 Å². The predicted molar refractivity (Wildman–Crippen MR) is 85.6 cm³/mol. The van der Waals surface area contributed by atoms with Crippen molar-refractivity contribution in [2.75, 3.05) is 32.9 Å². The summed E-state index contributed by atoms with van der Waals surface area (Å²) in [6, 6.07) is 7.46. The Kier molecular flexibility index (Phi) is 9.30. The molecular weight excluding hydrogens is 290 g/mol. The SMILES string of the molecule is C=C(C)COCCNCC(O)COCc1ccc(Cl)cc1. The maximum atomic E-state index is 9.75. The van der Waals surface area contributed by atoms with Gasteiger partial charge in [-0.25, -0.2) is 0 Å². The molecular formula is C16H24ClNO3. The highest BCUT2D eigenvalue weighted by molar-refractivity contribution is 6.30. The van der Waals surface area contributed by atoms with E-state index >= 15 is 0 Å². The van der Waals surface area contributed by atoms with E-state index in [0.29, 0.717) is 44.5 Å². The Morgan fingerprint density at radius 1 is 1.33 bits per heavy atom. The van der Waals surface area contributed by atoms with Crippen molar-refractivity contribution in [2.45, 2.75) is 19.6 Å². The van der Waals surface area contributed by atoms with Crippen LogP contribution in [0.1, 0.15) is 12.5 Å². The molecule has 0 saturated carbocycles. The standard InChI is InChI=1S/C16H24ClNO3/c1-13(2)10-20-8-7-18-9-16(19)12-21-11-14-3-5-15(17)6-4-14/h3-6,16,18-19H,1,7-12H2,2H3. The van der Waals surface area contributed by atoms with Gasteiger partial charge in [0, 0.05) is 18.1 Å². The van der Waals surface area contributed by atoms with Crippen LogP contribution in [0.4, 0.5) is 0 Å². The number of aliphatic hydroxyl groups is 1. The van der Waals surface area contributed by atoms with Gasteiger partial charge >= 0.3 is 0 Å². The van der Waals surface area contributed by atoms with Crippen LogP contribution < -0.4 is 5.32 Å². The number of benzene rings is 1. The maximum absolute atomic E-state index is 9.75. The Hall–Kier alpha value is -0.910. The van der Waals surface area contributed by atoms with E-state index in [1.54, 1.807) is 0 Å². The van der Waals surface area contributed by atoms with Gasteiger partial charge < -0.3 is 19.9 Å². The van der Waals surface area contributed by atoms with Crippen LogP contribution in [-0.4, -0.2) is 44.1 Å². The fourth-order valence-corrected chi connectivity index (χ4v) is 1.74. The third kappa shape index (κ3) is 9.61. The summed E-state index contributed by atoms with van der Waals surface area (Å²) in [4.78, 5) is 0. The minimum Gasteiger partial charge on any atom is -0.389 e. The third-order valence-electron chi connectivity index (χ3n) is 2.64. The Morgan fingerprint density at radius 3 is 2.71 bits per heavy atom. The summed E-state index contributed by atoms with van der Waals surface area (Å²) in [5, 5.41) is 13.6. The zero-order valence-electron chi connectivity index (χ0n) is 12.5. The number of halogens is 1. The molecule has 0 bridgehead atoms. The van der Waals surface area contributed by atoms with Crippen molar-refractivity contribution in [1.82, 2.24) is 5.32 Å². The molecule has 0 aromatic heterocycles. The van der Waals surface area contributed by atoms with E-state index in [9.17, 15) is 5.11 Å². The second kappa shape index (κ2) is 10.8. The minimum absolute atomic E-state index is 0.294. The molecule has 1 unspecified atom stereocenters. The van der Waals surface area contributed by atoms with Gasteiger partial charge in [0.25, 0.3) is 0 Å². The van der Waals surface area contributed by atoms with E-state index in [4.69, 9.17) is 21.1 Å². The van der Waals surface area contributed by atoms with Crippen LogP contribution in [0.15, 0.2) is 36.4 Å². The number of ether oxygens (including phenoxy) is 2. The zero-order chi connectivity index (χ0) is 15.5. The van der Waals surface area contributed by atoms with Gasteiger partial charge in [-0.1, -0.05) is 35.9 Å². The second-order valence-corrected chi connectivity index (χ2v) is 5.45. The number of aliphatic hydroxyl groups excluding tert-OH is 1. The van der Waals surface area contributed by atoms with Crippen molar-refractivity contribution in [3.63, 3.8) is 0 Å². The van der Waals surface area contributed by atoms with E-state index in [-0.39, 0.29) is 0 Å². The first-order valence-electron chi connectivity index (χ1n) is 7.01. The van der Waals surface area contributed by atoms with Crippen LogP contribution in [0.2, 0.25) is 5.02 Å². The Balaban J connectivity index is 1.99. The molecule has 0 fully saturated rings. The smallest absolute Gasteiger partial charge is 0.0897 e. The number of nitrogens with one attached hydrogen (secondary N) is 1. The van der Waals surface area contributed by atoms with Crippen LogP contribution in [0.5, 0.6) is 0 Å². The summed E-state index contributed by atoms with van der Waals surface area (Å²) >= 11 is 5.80. The molecule has 4 nitrogen and oxygen atoms in total. The summed E-state index contributed by atoms with van der Waals surface area (Å²) in [6.45, 7) is 8.80. The van der Waals surface area contributed by atoms with Crippen molar-refractivity contribution in [1.29, 1.82) is 0 Å². The summed E-state index contributed by atoms with van der Waals surface area (Å²) in [6.07, 6.45) is -0.529. The highest BCUT2D eigenvalue weighted by Gasteiger charge is 2.04. The fraction of sp³-hybridized carbons (Fsp3) is 0.500. The highest BCUT2D eigenvalue weighted by atomic mass is 35.5. The Bertz CT molecular complexity index is 408. The largest absolute Gasteiger partial charge is 0.389 e. The zero-order valence-corrected chi connectivity index (χ0v) is 13.2. The van der Waals surface area contributed by atoms with Gasteiger partial charge in [0.05, 0.1) is 32.5 Å². The number of rotatable bonds is 11. The molecule has 0 saturated heterocycles. The second-order valence-electron chi connectivity index (χ2n) is 5.01.